The Hall–Kier alpha value is -4.15. The molecule has 0 radical (unpaired) electrons. The minimum atomic E-state index is -3.88. The van der Waals surface area contributed by atoms with Gasteiger partial charge in [0.15, 0.2) is 0 Å². The van der Waals surface area contributed by atoms with Crippen LogP contribution in [0.2, 0.25) is 0 Å². The summed E-state index contributed by atoms with van der Waals surface area (Å²) in [5.74, 6) is 0.332. The number of sulfonamides is 1. The zero-order valence-corrected chi connectivity index (χ0v) is 27.3. The summed E-state index contributed by atoms with van der Waals surface area (Å²) in [5.41, 5.74) is 1.97. The lowest BCUT2D eigenvalue weighted by molar-refractivity contribution is -0.140. The lowest BCUT2D eigenvalue weighted by Crippen LogP contribution is -2.54. The minimum Gasteiger partial charge on any atom is -0.457 e. The highest BCUT2D eigenvalue weighted by molar-refractivity contribution is 9.10. The van der Waals surface area contributed by atoms with Crippen LogP contribution in [0.25, 0.3) is 0 Å². The number of nitrogens with one attached hydrogen (secondary N) is 1. The van der Waals surface area contributed by atoms with Crippen molar-refractivity contribution in [3.63, 3.8) is 0 Å². The van der Waals surface area contributed by atoms with Gasteiger partial charge in [0.05, 0.1) is 11.9 Å². The number of hydrogen-bond acceptors (Lipinski definition) is 5. The maximum absolute atomic E-state index is 14.2. The van der Waals surface area contributed by atoms with Gasteiger partial charge in [-0.15, -0.1) is 0 Å². The smallest absolute Gasteiger partial charge is 0.244 e. The monoisotopic (exact) mass is 677 g/mol. The molecule has 0 aromatic heterocycles. The van der Waals surface area contributed by atoms with E-state index in [1.807, 2.05) is 98.8 Å². The van der Waals surface area contributed by atoms with Gasteiger partial charge in [0.2, 0.25) is 21.8 Å². The molecule has 10 heteroatoms. The van der Waals surface area contributed by atoms with E-state index in [1.165, 1.54) is 4.90 Å². The molecule has 1 atom stereocenters. The molecule has 0 saturated carbocycles. The number of ether oxygens (including phenoxy) is 1. The fraction of sp³-hybridized carbons (Fsp3) is 0.235. The first-order valence-electron chi connectivity index (χ1n) is 14.2. The Balaban J connectivity index is 1.67. The van der Waals surface area contributed by atoms with E-state index in [1.54, 1.807) is 24.3 Å². The van der Waals surface area contributed by atoms with Crippen LogP contribution >= 0.6 is 15.9 Å². The van der Waals surface area contributed by atoms with Gasteiger partial charge in [-0.25, -0.2) is 8.42 Å². The lowest BCUT2D eigenvalue weighted by atomic mass is 10.0. The van der Waals surface area contributed by atoms with Crippen LogP contribution in [0.5, 0.6) is 11.5 Å². The number of carbonyl (C=O) groups is 2. The third-order valence-corrected chi connectivity index (χ3v) is 8.42. The molecular formula is C34H36BrN3O5S. The topological polar surface area (TPSA) is 96.0 Å². The van der Waals surface area contributed by atoms with Gasteiger partial charge in [0.1, 0.15) is 24.1 Å². The normalized spacial score (nSPS) is 11.9. The molecule has 0 unspecified atom stereocenters. The van der Waals surface area contributed by atoms with E-state index in [0.29, 0.717) is 17.2 Å². The van der Waals surface area contributed by atoms with E-state index in [-0.39, 0.29) is 24.9 Å². The summed E-state index contributed by atoms with van der Waals surface area (Å²) >= 11 is 3.44. The van der Waals surface area contributed by atoms with Crippen molar-refractivity contribution >= 4 is 43.5 Å². The van der Waals surface area contributed by atoms with Gasteiger partial charge in [-0.2, -0.15) is 0 Å². The molecule has 0 bridgehead atoms. The maximum atomic E-state index is 14.2. The van der Waals surface area contributed by atoms with E-state index in [9.17, 15) is 18.0 Å². The van der Waals surface area contributed by atoms with E-state index in [4.69, 9.17) is 4.74 Å². The predicted octanol–water partition coefficient (Wildman–Crippen LogP) is 6.17. The summed E-state index contributed by atoms with van der Waals surface area (Å²) in [6.07, 6.45) is 1.31. The molecule has 4 aromatic rings. The number of para-hydroxylation sites is 1. The highest BCUT2D eigenvalue weighted by atomic mass is 79.9. The Morgan fingerprint density at radius 2 is 1.36 bits per heavy atom. The van der Waals surface area contributed by atoms with Crippen molar-refractivity contribution in [2.24, 2.45) is 0 Å². The third kappa shape index (κ3) is 9.42. The molecule has 2 amide bonds. The molecule has 1 N–H and O–H groups in total. The van der Waals surface area contributed by atoms with Crippen molar-refractivity contribution in [1.29, 1.82) is 0 Å². The van der Waals surface area contributed by atoms with Crippen LogP contribution in [0, 0.1) is 0 Å². The molecule has 44 heavy (non-hydrogen) atoms. The van der Waals surface area contributed by atoms with Gasteiger partial charge >= 0.3 is 0 Å². The lowest BCUT2D eigenvalue weighted by Gasteiger charge is -2.34. The van der Waals surface area contributed by atoms with Crippen molar-refractivity contribution < 1.29 is 22.7 Å². The van der Waals surface area contributed by atoms with Gasteiger partial charge < -0.3 is 15.0 Å². The van der Waals surface area contributed by atoms with Crippen molar-refractivity contribution in [1.82, 2.24) is 10.2 Å². The number of amides is 2. The zero-order valence-electron chi connectivity index (χ0n) is 24.9. The standard InChI is InChI=1S/C34H36BrN3O5S/c1-25(2)36-34(40)32(22-26-10-6-4-7-11-26)37(23-27-14-16-28(35)17-15-27)33(39)24-38(44(3,41)42)29-18-20-31(21-19-29)43-30-12-8-5-9-13-30/h4-21,25,32H,22-24H2,1-3H3,(H,36,40)/t32-/m0/s1. The van der Waals surface area contributed by atoms with Crippen LogP contribution in [0.3, 0.4) is 0 Å². The number of benzene rings is 4. The quantitative estimate of drug-likeness (QED) is 0.183. The largest absolute Gasteiger partial charge is 0.457 e. The first-order chi connectivity index (χ1) is 21.0. The van der Waals surface area contributed by atoms with Crippen LogP contribution in [0.15, 0.2) is 114 Å². The van der Waals surface area contributed by atoms with Crippen LogP contribution in [-0.2, 0) is 32.6 Å². The van der Waals surface area contributed by atoms with Gasteiger partial charge in [-0.3, -0.25) is 13.9 Å². The Morgan fingerprint density at radius 1 is 0.795 bits per heavy atom. The first kappa shape index (κ1) is 32.8. The van der Waals surface area contributed by atoms with Gasteiger partial charge in [-0.1, -0.05) is 76.6 Å². The minimum absolute atomic E-state index is 0.108. The summed E-state index contributed by atoms with van der Waals surface area (Å²) in [7, 11) is -3.88. The van der Waals surface area contributed by atoms with E-state index in [0.717, 1.165) is 26.2 Å². The van der Waals surface area contributed by atoms with E-state index < -0.39 is 28.5 Å². The zero-order chi connectivity index (χ0) is 31.7. The Kier molecular flexibility index (Phi) is 11.2. The van der Waals surface area contributed by atoms with E-state index in [2.05, 4.69) is 21.2 Å². The fourth-order valence-corrected chi connectivity index (χ4v) is 5.75. The number of carbonyl (C=O) groups excluding carboxylic acids is 2. The number of rotatable bonds is 13. The second-order valence-electron chi connectivity index (χ2n) is 10.7. The second kappa shape index (κ2) is 15.0. The molecular weight excluding hydrogens is 642 g/mol. The second-order valence-corrected chi connectivity index (χ2v) is 13.5. The van der Waals surface area contributed by atoms with Crippen molar-refractivity contribution in [3.05, 3.63) is 125 Å². The molecule has 4 aromatic carbocycles. The van der Waals surface area contributed by atoms with Crippen LogP contribution < -0.4 is 14.4 Å². The predicted molar refractivity (Wildman–Crippen MR) is 177 cm³/mol. The number of anilines is 1. The van der Waals surface area contributed by atoms with Gasteiger partial charge in [0.25, 0.3) is 0 Å². The van der Waals surface area contributed by atoms with Crippen molar-refractivity contribution in [3.8, 4) is 11.5 Å². The number of halogens is 1. The molecule has 0 heterocycles. The maximum Gasteiger partial charge on any atom is 0.244 e. The average molecular weight is 679 g/mol. The highest BCUT2D eigenvalue weighted by Crippen LogP contribution is 2.26. The Labute approximate surface area is 267 Å². The summed E-state index contributed by atoms with van der Waals surface area (Å²) in [4.78, 5) is 29.3. The summed E-state index contributed by atoms with van der Waals surface area (Å²) in [6, 6.07) is 31.6. The molecule has 0 aliphatic heterocycles. The van der Waals surface area contributed by atoms with Crippen LogP contribution in [0.4, 0.5) is 5.69 Å². The molecule has 0 fully saturated rings. The van der Waals surface area contributed by atoms with Gasteiger partial charge in [0, 0.05) is 23.5 Å². The third-order valence-electron chi connectivity index (χ3n) is 6.75. The Morgan fingerprint density at radius 3 is 1.93 bits per heavy atom. The number of hydrogen-bond donors (Lipinski definition) is 1. The Bertz CT molecular complexity index is 1630. The van der Waals surface area contributed by atoms with Crippen LogP contribution in [0.1, 0.15) is 25.0 Å². The summed E-state index contributed by atoms with van der Waals surface area (Å²) in [5, 5.41) is 2.95. The summed E-state index contributed by atoms with van der Waals surface area (Å²) < 4.78 is 33.9. The molecule has 0 spiro atoms. The van der Waals surface area contributed by atoms with Crippen molar-refractivity contribution in [2.75, 3.05) is 17.1 Å². The molecule has 0 saturated heterocycles. The highest BCUT2D eigenvalue weighted by Gasteiger charge is 2.33. The molecule has 8 nitrogen and oxygen atoms in total. The first-order valence-corrected chi connectivity index (χ1v) is 16.8. The van der Waals surface area contributed by atoms with E-state index >= 15 is 0 Å². The SMILES string of the molecule is CC(C)NC(=O)[C@H](Cc1ccccc1)N(Cc1ccc(Br)cc1)C(=O)CN(c1ccc(Oc2ccccc2)cc1)S(C)(=O)=O. The number of nitrogens with zero attached hydrogens (tertiary/aromatic N) is 2. The fourth-order valence-electron chi connectivity index (χ4n) is 4.64. The average Bonchev–Trinajstić information content (AvgIpc) is 2.99. The molecule has 4 rings (SSSR count). The van der Waals surface area contributed by atoms with Crippen molar-refractivity contribution in [2.45, 2.75) is 38.9 Å². The summed E-state index contributed by atoms with van der Waals surface area (Å²) in [6.45, 7) is 3.33. The molecule has 230 valence electrons. The molecule has 0 aliphatic carbocycles. The van der Waals surface area contributed by atoms with Crippen LogP contribution in [-0.4, -0.2) is 50.0 Å². The molecule has 0 aliphatic rings. The van der Waals surface area contributed by atoms with Gasteiger partial charge in [-0.05, 0) is 73.5 Å².